The highest BCUT2D eigenvalue weighted by Crippen LogP contribution is 2.25. The monoisotopic (exact) mass is 363 g/mol. The number of hydrogen-bond acceptors (Lipinski definition) is 3. The molecule has 3 aliphatic rings. The molecule has 2 amide bonds. The summed E-state index contributed by atoms with van der Waals surface area (Å²) in [6, 6.07) is 0.257. The second-order valence-corrected chi connectivity index (χ2v) is 8.75. The first-order valence-electron chi connectivity index (χ1n) is 10.9. The van der Waals surface area contributed by atoms with Gasteiger partial charge >= 0.3 is 0 Å². The summed E-state index contributed by atoms with van der Waals surface area (Å²) < 4.78 is 0. The van der Waals surface area contributed by atoms with Crippen molar-refractivity contribution >= 4 is 11.8 Å². The molecule has 3 atom stereocenters. The Bertz CT molecular complexity index is 482. The predicted octanol–water partition coefficient (Wildman–Crippen LogP) is 2.79. The van der Waals surface area contributed by atoms with E-state index in [1.54, 1.807) is 0 Å². The minimum absolute atomic E-state index is 0.0878. The van der Waals surface area contributed by atoms with Gasteiger partial charge in [-0.25, -0.2) is 0 Å². The number of amides is 2. The molecule has 5 nitrogen and oxygen atoms in total. The van der Waals surface area contributed by atoms with Crippen LogP contribution in [0.2, 0.25) is 0 Å². The Kier molecular flexibility index (Phi) is 6.96. The molecule has 1 N–H and O–H groups in total. The fourth-order valence-corrected chi connectivity index (χ4v) is 4.91. The normalized spacial score (nSPS) is 30.0. The summed E-state index contributed by atoms with van der Waals surface area (Å²) in [5, 5.41) is 3.30. The quantitative estimate of drug-likeness (QED) is 0.836. The second-order valence-electron chi connectivity index (χ2n) is 8.75. The highest BCUT2D eigenvalue weighted by molar-refractivity contribution is 5.82. The van der Waals surface area contributed by atoms with Gasteiger partial charge < -0.3 is 10.2 Å². The number of nitrogens with one attached hydrogen (secondary N) is 1. The molecule has 3 fully saturated rings. The molecule has 26 heavy (non-hydrogen) atoms. The van der Waals surface area contributed by atoms with Gasteiger partial charge in [0.15, 0.2) is 0 Å². The third kappa shape index (κ3) is 4.79. The van der Waals surface area contributed by atoms with Crippen LogP contribution in [0.25, 0.3) is 0 Å². The van der Waals surface area contributed by atoms with E-state index in [0.717, 1.165) is 58.3 Å². The summed E-state index contributed by atoms with van der Waals surface area (Å²) >= 11 is 0. The molecule has 0 radical (unpaired) electrons. The van der Waals surface area contributed by atoms with Crippen LogP contribution in [0.15, 0.2) is 0 Å². The number of likely N-dealkylation sites (tertiary alicyclic amines) is 2. The lowest BCUT2D eigenvalue weighted by Crippen LogP contribution is -2.53. The van der Waals surface area contributed by atoms with Gasteiger partial charge in [-0.3, -0.25) is 14.5 Å². The summed E-state index contributed by atoms with van der Waals surface area (Å²) in [5.41, 5.74) is 0. The number of hydrogen-bond donors (Lipinski definition) is 1. The SMILES string of the molecule is CC1CCCCC1NC(=O)C(C)N1CCC(C(=O)N2CCCCC2)CC1. The van der Waals surface area contributed by atoms with Gasteiger partial charge in [-0.05, 0) is 70.9 Å². The van der Waals surface area contributed by atoms with Crippen LogP contribution >= 0.6 is 0 Å². The minimum atomic E-state index is -0.0878. The lowest BCUT2D eigenvalue weighted by molar-refractivity contribution is -0.138. The molecule has 5 heteroatoms. The Morgan fingerprint density at radius 3 is 2.19 bits per heavy atom. The molecule has 3 rings (SSSR count). The maximum absolute atomic E-state index is 12.7. The highest BCUT2D eigenvalue weighted by Gasteiger charge is 2.33. The van der Waals surface area contributed by atoms with Crippen LogP contribution in [0.3, 0.4) is 0 Å². The van der Waals surface area contributed by atoms with Crippen molar-refractivity contribution in [1.82, 2.24) is 15.1 Å². The molecular formula is C21H37N3O2. The van der Waals surface area contributed by atoms with E-state index in [-0.39, 0.29) is 17.9 Å². The number of nitrogens with zero attached hydrogens (tertiary/aromatic N) is 2. The van der Waals surface area contributed by atoms with E-state index in [1.807, 2.05) is 6.92 Å². The van der Waals surface area contributed by atoms with Crippen LogP contribution in [-0.2, 0) is 9.59 Å². The van der Waals surface area contributed by atoms with Crippen molar-refractivity contribution in [3.8, 4) is 0 Å². The van der Waals surface area contributed by atoms with E-state index < -0.39 is 0 Å². The van der Waals surface area contributed by atoms with Crippen LogP contribution in [0.5, 0.6) is 0 Å². The number of rotatable bonds is 4. The Balaban J connectivity index is 1.44. The Labute approximate surface area is 158 Å². The average Bonchev–Trinajstić information content (AvgIpc) is 2.69. The highest BCUT2D eigenvalue weighted by atomic mass is 16.2. The molecule has 0 bridgehead atoms. The molecule has 2 saturated heterocycles. The molecule has 0 spiro atoms. The molecule has 0 aromatic carbocycles. The van der Waals surface area contributed by atoms with E-state index in [0.29, 0.717) is 17.9 Å². The molecule has 1 saturated carbocycles. The van der Waals surface area contributed by atoms with Gasteiger partial charge in [0.05, 0.1) is 6.04 Å². The van der Waals surface area contributed by atoms with Crippen LogP contribution in [0.4, 0.5) is 0 Å². The molecule has 148 valence electrons. The molecule has 2 aliphatic heterocycles. The van der Waals surface area contributed by atoms with E-state index in [1.165, 1.54) is 25.7 Å². The van der Waals surface area contributed by atoms with Crippen LogP contribution in [-0.4, -0.2) is 59.9 Å². The largest absolute Gasteiger partial charge is 0.352 e. The Morgan fingerprint density at radius 1 is 0.885 bits per heavy atom. The van der Waals surface area contributed by atoms with Gasteiger partial charge in [0.1, 0.15) is 0 Å². The van der Waals surface area contributed by atoms with Crippen molar-refractivity contribution in [3.63, 3.8) is 0 Å². The lowest BCUT2D eigenvalue weighted by atomic mass is 9.86. The van der Waals surface area contributed by atoms with Crippen molar-refractivity contribution < 1.29 is 9.59 Å². The zero-order chi connectivity index (χ0) is 18.5. The summed E-state index contributed by atoms with van der Waals surface area (Å²) in [5.74, 6) is 1.29. The van der Waals surface area contributed by atoms with Crippen molar-refractivity contribution in [3.05, 3.63) is 0 Å². The first kappa shape index (κ1) is 19.7. The van der Waals surface area contributed by atoms with Crippen molar-refractivity contribution in [2.24, 2.45) is 11.8 Å². The van der Waals surface area contributed by atoms with Crippen LogP contribution < -0.4 is 5.32 Å². The predicted molar refractivity (Wildman–Crippen MR) is 104 cm³/mol. The topological polar surface area (TPSA) is 52.7 Å². The first-order valence-corrected chi connectivity index (χ1v) is 10.9. The van der Waals surface area contributed by atoms with Crippen LogP contribution in [0.1, 0.15) is 71.6 Å². The summed E-state index contributed by atoms with van der Waals surface area (Å²) in [7, 11) is 0. The molecule has 1 aliphatic carbocycles. The van der Waals surface area contributed by atoms with Crippen molar-refractivity contribution in [1.29, 1.82) is 0 Å². The van der Waals surface area contributed by atoms with Gasteiger partial charge in [0, 0.05) is 25.0 Å². The fourth-order valence-electron chi connectivity index (χ4n) is 4.91. The van der Waals surface area contributed by atoms with E-state index in [9.17, 15) is 9.59 Å². The molecule has 0 aromatic heterocycles. The maximum atomic E-state index is 12.7. The Morgan fingerprint density at radius 2 is 1.54 bits per heavy atom. The average molecular weight is 364 g/mol. The number of piperidine rings is 2. The van der Waals surface area contributed by atoms with Gasteiger partial charge in [-0.2, -0.15) is 0 Å². The van der Waals surface area contributed by atoms with Gasteiger partial charge in [-0.1, -0.05) is 19.8 Å². The summed E-state index contributed by atoms with van der Waals surface area (Å²) in [6.07, 6.45) is 10.2. The van der Waals surface area contributed by atoms with Crippen molar-refractivity contribution in [2.45, 2.75) is 83.7 Å². The summed E-state index contributed by atoms with van der Waals surface area (Å²) in [4.78, 5) is 29.7. The molecule has 2 heterocycles. The zero-order valence-electron chi connectivity index (χ0n) is 16.7. The maximum Gasteiger partial charge on any atom is 0.237 e. The van der Waals surface area contributed by atoms with Gasteiger partial charge in [-0.15, -0.1) is 0 Å². The summed E-state index contributed by atoms with van der Waals surface area (Å²) in [6.45, 7) is 7.88. The third-order valence-corrected chi connectivity index (χ3v) is 6.91. The molecular weight excluding hydrogens is 326 g/mol. The number of carbonyl (C=O) groups excluding carboxylic acids is 2. The van der Waals surface area contributed by atoms with E-state index in [4.69, 9.17) is 0 Å². The first-order chi connectivity index (χ1) is 12.6. The fraction of sp³-hybridized carbons (Fsp3) is 0.905. The van der Waals surface area contributed by atoms with Gasteiger partial charge in [0.25, 0.3) is 0 Å². The smallest absolute Gasteiger partial charge is 0.237 e. The lowest BCUT2D eigenvalue weighted by Gasteiger charge is -2.38. The van der Waals surface area contributed by atoms with Gasteiger partial charge in [0.2, 0.25) is 11.8 Å². The van der Waals surface area contributed by atoms with E-state index in [2.05, 4.69) is 22.0 Å². The Hall–Kier alpha value is -1.10. The minimum Gasteiger partial charge on any atom is -0.352 e. The second kappa shape index (κ2) is 9.20. The van der Waals surface area contributed by atoms with Crippen LogP contribution in [0, 0.1) is 11.8 Å². The zero-order valence-corrected chi connectivity index (χ0v) is 16.7. The standard InChI is InChI=1S/C21H37N3O2/c1-16-8-4-5-9-19(16)22-20(25)17(2)23-14-10-18(11-15-23)21(26)24-12-6-3-7-13-24/h16-19H,3-15H2,1-2H3,(H,22,25). The third-order valence-electron chi connectivity index (χ3n) is 6.91. The van der Waals surface area contributed by atoms with Crippen molar-refractivity contribution in [2.75, 3.05) is 26.2 Å². The van der Waals surface area contributed by atoms with E-state index >= 15 is 0 Å². The molecule has 3 unspecified atom stereocenters. The molecule has 0 aromatic rings. The number of carbonyl (C=O) groups is 2.